The van der Waals surface area contributed by atoms with E-state index in [1.807, 2.05) is 26.0 Å². The summed E-state index contributed by atoms with van der Waals surface area (Å²) in [5.41, 5.74) is 3.42. The first-order valence-electron chi connectivity index (χ1n) is 8.26. The second-order valence-corrected chi connectivity index (χ2v) is 7.91. The zero-order valence-electron chi connectivity index (χ0n) is 15.4. The quantitative estimate of drug-likeness (QED) is 0.705. The van der Waals surface area contributed by atoms with Gasteiger partial charge in [-0.25, -0.2) is 8.42 Å². The highest BCUT2D eigenvalue weighted by Crippen LogP contribution is 2.14. The van der Waals surface area contributed by atoms with Crippen LogP contribution in [0.5, 0.6) is 0 Å². The van der Waals surface area contributed by atoms with E-state index in [4.69, 9.17) is 4.74 Å². The lowest BCUT2D eigenvalue weighted by atomic mass is 10.1. The summed E-state index contributed by atoms with van der Waals surface area (Å²) in [6, 6.07) is 11.8. The Kier molecular flexibility index (Phi) is 6.70. The van der Waals surface area contributed by atoms with Gasteiger partial charge in [-0.3, -0.25) is 9.59 Å². The molecule has 0 bridgehead atoms. The SMILES string of the molecule is Cc1ccc(NC(=O)COC(=O)CNS(=O)(=O)c2ccc(C)c(C)c2)cc1. The lowest BCUT2D eigenvalue weighted by Crippen LogP contribution is -2.32. The van der Waals surface area contributed by atoms with E-state index < -0.39 is 35.1 Å². The van der Waals surface area contributed by atoms with Gasteiger partial charge in [0.2, 0.25) is 10.0 Å². The van der Waals surface area contributed by atoms with Gasteiger partial charge in [-0.15, -0.1) is 0 Å². The van der Waals surface area contributed by atoms with E-state index in [-0.39, 0.29) is 4.90 Å². The van der Waals surface area contributed by atoms with Gasteiger partial charge in [-0.1, -0.05) is 23.8 Å². The van der Waals surface area contributed by atoms with Crippen LogP contribution in [0.4, 0.5) is 5.69 Å². The maximum atomic E-state index is 12.2. The fourth-order valence-electron chi connectivity index (χ4n) is 2.15. The van der Waals surface area contributed by atoms with E-state index in [0.717, 1.165) is 16.7 Å². The minimum atomic E-state index is -3.84. The molecule has 0 atom stereocenters. The van der Waals surface area contributed by atoms with Crippen molar-refractivity contribution >= 4 is 27.6 Å². The van der Waals surface area contributed by atoms with Gasteiger partial charge in [0, 0.05) is 5.69 Å². The molecule has 0 aliphatic heterocycles. The highest BCUT2D eigenvalue weighted by atomic mass is 32.2. The van der Waals surface area contributed by atoms with Gasteiger partial charge in [0.15, 0.2) is 6.61 Å². The van der Waals surface area contributed by atoms with Gasteiger partial charge < -0.3 is 10.1 Å². The Morgan fingerprint density at radius 3 is 2.26 bits per heavy atom. The fourth-order valence-corrected chi connectivity index (χ4v) is 3.20. The van der Waals surface area contributed by atoms with Crippen molar-refractivity contribution in [3.63, 3.8) is 0 Å². The molecule has 0 radical (unpaired) electrons. The minimum Gasteiger partial charge on any atom is -0.455 e. The largest absolute Gasteiger partial charge is 0.455 e. The van der Waals surface area contributed by atoms with E-state index in [2.05, 4.69) is 10.0 Å². The van der Waals surface area contributed by atoms with Crippen LogP contribution in [0, 0.1) is 20.8 Å². The highest BCUT2D eigenvalue weighted by molar-refractivity contribution is 7.89. The summed E-state index contributed by atoms with van der Waals surface area (Å²) < 4.78 is 31.4. The first-order valence-corrected chi connectivity index (χ1v) is 9.75. The number of esters is 1. The van der Waals surface area contributed by atoms with Crippen LogP contribution in [-0.2, 0) is 24.3 Å². The molecule has 0 heterocycles. The van der Waals surface area contributed by atoms with Crippen molar-refractivity contribution in [2.75, 3.05) is 18.5 Å². The van der Waals surface area contributed by atoms with Crippen molar-refractivity contribution in [1.82, 2.24) is 4.72 Å². The lowest BCUT2D eigenvalue weighted by molar-refractivity contribution is -0.146. The van der Waals surface area contributed by atoms with Crippen LogP contribution in [0.3, 0.4) is 0 Å². The molecule has 0 spiro atoms. The topological polar surface area (TPSA) is 102 Å². The molecule has 0 fully saturated rings. The number of amides is 1. The average Bonchev–Trinajstić information content (AvgIpc) is 2.62. The van der Waals surface area contributed by atoms with Gasteiger partial charge in [0.1, 0.15) is 6.54 Å². The first kappa shape index (κ1) is 20.6. The summed E-state index contributed by atoms with van der Waals surface area (Å²) in [4.78, 5) is 23.5. The number of carbonyl (C=O) groups excluding carboxylic acids is 2. The molecule has 8 heteroatoms. The number of nitrogens with one attached hydrogen (secondary N) is 2. The lowest BCUT2D eigenvalue weighted by Gasteiger charge is -2.09. The molecule has 0 aromatic heterocycles. The van der Waals surface area contributed by atoms with Crippen molar-refractivity contribution < 1.29 is 22.7 Å². The molecule has 2 aromatic rings. The summed E-state index contributed by atoms with van der Waals surface area (Å²) in [7, 11) is -3.84. The number of aryl methyl sites for hydroxylation is 3. The number of hydrogen-bond donors (Lipinski definition) is 2. The summed E-state index contributed by atoms with van der Waals surface area (Å²) in [5, 5.41) is 2.58. The molecule has 144 valence electrons. The van der Waals surface area contributed by atoms with Crippen LogP contribution in [-0.4, -0.2) is 33.4 Å². The number of ether oxygens (including phenoxy) is 1. The van der Waals surface area contributed by atoms with E-state index in [9.17, 15) is 18.0 Å². The standard InChI is InChI=1S/C19H22N2O5S/c1-13-4-7-16(8-5-13)21-18(22)12-26-19(23)11-20-27(24,25)17-9-6-14(2)15(3)10-17/h4-10,20H,11-12H2,1-3H3,(H,21,22). The number of hydrogen-bond acceptors (Lipinski definition) is 5. The average molecular weight is 390 g/mol. The monoisotopic (exact) mass is 390 g/mol. The third kappa shape index (κ3) is 6.19. The normalized spacial score (nSPS) is 11.1. The summed E-state index contributed by atoms with van der Waals surface area (Å²) in [6.07, 6.45) is 0. The van der Waals surface area contributed by atoms with Crippen LogP contribution < -0.4 is 10.0 Å². The number of anilines is 1. The van der Waals surface area contributed by atoms with Crippen molar-refractivity contribution in [3.05, 3.63) is 59.2 Å². The molecule has 0 saturated carbocycles. The third-order valence-corrected chi connectivity index (χ3v) is 5.29. The zero-order chi connectivity index (χ0) is 20.0. The Morgan fingerprint density at radius 1 is 0.963 bits per heavy atom. The Morgan fingerprint density at radius 2 is 1.63 bits per heavy atom. The Labute approximate surface area is 158 Å². The molecule has 0 aliphatic rings. The summed E-state index contributed by atoms with van der Waals surface area (Å²) >= 11 is 0. The molecular formula is C19H22N2O5S. The number of carbonyl (C=O) groups is 2. The molecule has 0 aliphatic carbocycles. The molecule has 2 rings (SSSR count). The van der Waals surface area contributed by atoms with Crippen LogP contribution in [0.2, 0.25) is 0 Å². The van der Waals surface area contributed by atoms with Crippen molar-refractivity contribution in [1.29, 1.82) is 0 Å². The van der Waals surface area contributed by atoms with Crippen LogP contribution >= 0.6 is 0 Å². The number of rotatable bonds is 7. The molecule has 0 unspecified atom stereocenters. The Hall–Kier alpha value is -2.71. The molecule has 2 N–H and O–H groups in total. The number of benzene rings is 2. The zero-order valence-corrected chi connectivity index (χ0v) is 16.2. The molecule has 27 heavy (non-hydrogen) atoms. The van der Waals surface area contributed by atoms with E-state index >= 15 is 0 Å². The minimum absolute atomic E-state index is 0.0653. The fraction of sp³-hybridized carbons (Fsp3) is 0.263. The van der Waals surface area contributed by atoms with Crippen molar-refractivity contribution in [3.8, 4) is 0 Å². The van der Waals surface area contributed by atoms with E-state index in [1.165, 1.54) is 12.1 Å². The second-order valence-electron chi connectivity index (χ2n) is 6.15. The Balaban J connectivity index is 1.82. The molecule has 1 amide bonds. The van der Waals surface area contributed by atoms with Gasteiger partial charge >= 0.3 is 5.97 Å². The maximum Gasteiger partial charge on any atom is 0.321 e. The van der Waals surface area contributed by atoms with E-state index in [0.29, 0.717) is 5.69 Å². The van der Waals surface area contributed by atoms with Crippen LogP contribution in [0.25, 0.3) is 0 Å². The molecule has 0 saturated heterocycles. The molecule has 2 aromatic carbocycles. The van der Waals surface area contributed by atoms with Gasteiger partial charge in [0.05, 0.1) is 4.90 Å². The van der Waals surface area contributed by atoms with Crippen LogP contribution in [0.15, 0.2) is 47.4 Å². The second kappa shape index (κ2) is 8.79. The predicted molar refractivity (Wildman–Crippen MR) is 102 cm³/mol. The van der Waals surface area contributed by atoms with Crippen LogP contribution in [0.1, 0.15) is 16.7 Å². The van der Waals surface area contributed by atoms with Gasteiger partial charge in [0.25, 0.3) is 5.91 Å². The maximum absolute atomic E-state index is 12.2. The van der Waals surface area contributed by atoms with Gasteiger partial charge in [-0.05, 0) is 56.2 Å². The van der Waals surface area contributed by atoms with Crippen molar-refractivity contribution in [2.45, 2.75) is 25.7 Å². The first-order chi connectivity index (χ1) is 12.7. The highest BCUT2D eigenvalue weighted by Gasteiger charge is 2.17. The Bertz CT molecular complexity index is 937. The van der Waals surface area contributed by atoms with Gasteiger partial charge in [-0.2, -0.15) is 4.72 Å². The smallest absolute Gasteiger partial charge is 0.321 e. The number of sulfonamides is 1. The third-order valence-electron chi connectivity index (χ3n) is 3.89. The summed E-state index contributed by atoms with van der Waals surface area (Å²) in [5.74, 6) is -1.36. The molecular weight excluding hydrogens is 368 g/mol. The predicted octanol–water partition coefficient (Wildman–Crippen LogP) is 2.07. The van der Waals surface area contributed by atoms with Crippen molar-refractivity contribution in [2.24, 2.45) is 0 Å². The molecule has 7 nitrogen and oxygen atoms in total. The van der Waals surface area contributed by atoms with E-state index in [1.54, 1.807) is 25.1 Å². The summed E-state index contributed by atoms with van der Waals surface area (Å²) in [6.45, 7) is 4.53.